The van der Waals surface area contributed by atoms with Gasteiger partial charge in [-0.05, 0) is 28.9 Å². The zero-order valence-electron chi connectivity index (χ0n) is 10.4. The number of carbonyl (C=O) groups excluding carboxylic acids is 2. The maximum Gasteiger partial charge on any atom is 0.329 e. The van der Waals surface area contributed by atoms with E-state index >= 15 is 0 Å². The van der Waals surface area contributed by atoms with E-state index in [1.54, 1.807) is 29.7 Å². The quantitative estimate of drug-likeness (QED) is 0.784. The first kappa shape index (κ1) is 14.5. The lowest BCUT2D eigenvalue weighted by molar-refractivity contribution is -0.147. The van der Waals surface area contributed by atoms with Crippen LogP contribution in [0.15, 0.2) is 21.4 Å². The highest BCUT2D eigenvalue weighted by molar-refractivity contribution is 9.10. The molecule has 1 aromatic heterocycles. The van der Waals surface area contributed by atoms with E-state index < -0.39 is 6.04 Å². The zero-order valence-corrected chi connectivity index (χ0v) is 12.8. The van der Waals surface area contributed by atoms with Gasteiger partial charge in [-0.15, -0.1) is 0 Å². The van der Waals surface area contributed by atoms with Crippen molar-refractivity contribution in [1.82, 2.24) is 4.90 Å². The van der Waals surface area contributed by atoms with Crippen LogP contribution in [0.5, 0.6) is 0 Å². The standard InChI is InChI=1S/C12H14BrNO4S/c1-2-17-12(16)9-7-19-6-4-14(9)11(15)8-3-5-18-10(8)13/h3,5,9H,2,4,6-7H2,1H3. The van der Waals surface area contributed by atoms with Gasteiger partial charge < -0.3 is 14.1 Å². The van der Waals surface area contributed by atoms with E-state index in [0.717, 1.165) is 5.75 Å². The molecule has 1 amide bonds. The molecular weight excluding hydrogens is 334 g/mol. The molecule has 0 N–H and O–H groups in total. The Labute approximate surface area is 123 Å². The van der Waals surface area contributed by atoms with Crippen molar-refractivity contribution in [3.63, 3.8) is 0 Å². The molecule has 1 aliphatic heterocycles. The van der Waals surface area contributed by atoms with E-state index in [-0.39, 0.29) is 11.9 Å². The molecule has 104 valence electrons. The molecule has 1 unspecified atom stereocenters. The van der Waals surface area contributed by atoms with Crippen molar-refractivity contribution in [1.29, 1.82) is 0 Å². The average Bonchev–Trinajstić information content (AvgIpc) is 2.84. The first-order valence-electron chi connectivity index (χ1n) is 5.93. The Hall–Kier alpha value is -0.950. The van der Waals surface area contributed by atoms with Crippen molar-refractivity contribution in [2.75, 3.05) is 24.7 Å². The Morgan fingerprint density at radius 3 is 3.05 bits per heavy atom. The highest BCUT2D eigenvalue weighted by atomic mass is 79.9. The molecule has 2 heterocycles. The summed E-state index contributed by atoms with van der Waals surface area (Å²) in [6, 6.07) is 1.07. The lowest BCUT2D eigenvalue weighted by atomic mass is 10.2. The van der Waals surface area contributed by atoms with Gasteiger partial charge in [-0.1, -0.05) is 0 Å². The van der Waals surface area contributed by atoms with Crippen LogP contribution in [0, 0.1) is 0 Å². The molecule has 1 aliphatic rings. The number of ether oxygens (including phenoxy) is 1. The molecule has 1 fully saturated rings. The molecule has 0 aromatic carbocycles. The fourth-order valence-electron chi connectivity index (χ4n) is 1.88. The summed E-state index contributed by atoms with van der Waals surface area (Å²) in [6.45, 7) is 2.61. The maximum absolute atomic E-state index is 12.4. The van der Waals surface area contributed by atoms with Crippen molar-refractivity contribution in [2.45, 2.75) is 13.0 Å². The van der Waals surface area contributed by atoms with E-state index in [9.17, 15) is 9.59 Å². The van der Waals surface area contributed by atoms with E-state index in [2.05, 4.69) is 15.9 Å². The van der Waals surface area contributed by atoms with Crippen LogP contribution in [-0.4, -0.2) is 47.5 Å². The van der Waals surface area contributed by atoms with Gasteiger partial charge in [0, 0.05) is 18.1 Å². The van der Waals surface area contributed by atoms with Crippen LogP contribution in [0.3, 0.4) is 0 Å². The summed E-state index contributed by atoms with van der Waals surface area (Å²) in [5, 5.41) is 0. The summed E-state index contributed by atoms with van der Waals surface area (Å²) in [6.07, 6.45) is 1.44. The van der Waals surface area contributed by atoms with Crippen LogP contribution in [0.4, 0.5) is 0 Å². The monoisotopic (exact) mass is 347 g/mol. The Balaban J connectivity index is 2.18. The molecule has 0 spiro atoms. The molecule has 1 saturated heterocycles. The summed E-state index contributed by atoms with van der Waals surface area (Å²) >= 11 is 4.84. The second-order valence-corrected chi connectivity index (χ2v) is 5.82. The SMILES string of the molecule is CCOC(=O)C1CSCCN1C(=O)c1ccoc1Br. The van der Waals surface area contributed by atoms with Crippen LogP contribution in [-0.2, 0) is 9.53 Å². The van der Waals surface area contributed by atoms with Crippen molar-refractivity contribution in [3.05, 3.63) is 22.6 Å². The largest absolute Gasteiger partial charge is 0.464 e. The van der Waals surface area contributed by atoms with Gasteiger partial charge in [0.1, 0.15) is 6.04 Å². The number of amides is 1. The maximum atomic E-state index is 12.4. The minimum absolute atomic E-state index is 0.209. The second-order valence-electron chi connectivity index (χ2n) is 3.95. The first-order valence-corrected chi connectivity index (χ1v) is 7.88. The molecule has 0 bridgehead atoms. The summed E-state index contributed by atoms with van der Waals surface area (Å²) in [5.74, 6) is 0.832. The molecule has 5 nitrogen and oxygen atoms in total. The van der Waals surface area contributed by atoms with E-state index in [0.29, 0.717) is 29.1 Å². The van der Waals surface area contributed by atoms with Crippen LogP contribution >= 0.6 is 27.7 Å². The molecule has 0 aliphatic carbocycles. The van der Waals surface area contributed by atoms with Gasteiger partial charge in [0.25, 0.3) is 5.91 Å². The Bertz CT molecular complexity index is 476. The molecule has 19 heavy (non-hydrogen) atoms. The highest BCUT2D eigenvalue weighted by Gasteiger charge is 2.35. The summed E-state index contributed by atoms with van der Waals surface area (Å²) in [7, 11) is 0. The second kappa shape index (κ2) is 6.47. The third-order valence-electron chi connectivity index (χ3n) is 2.80. The molecule has 0 saturated carbocycles. The third kappa shape index (κ3) is 3.14. The minimum Gasteiger partial charge on any atom is -0.464 e. The van der Waals surface area contributed by atoms with Crippen molar-refractivity contribution < 1.29 is 18.7 Å². The van der Waals surface area contributed by atoms with Crippen LogP contribution in [0.1, 0.15) is 17.3 Å². The Morgan fingerprint density at radius 2 is 2.42 bits per heavy atom. The Kier molecular flexibility index (Phi) is 4.93. The van der Waals surface area contributed by atoms with Crippen molar-refractivity contribution >= 4 is 39.6 Å². The topological polar surface area (TPSA) is 59.8 Å². The van der Waals surface area contributed by atoms with Gasteiger partial charge in [-0.25, -0.2) is 4.79 Å². The van der Waals surface area contributed by atoms with Gasteiger partial charge >= 0.3 is 5.97 Å². The number of halogens is 1. The lowest BCUT2D eigenvalue weighted by Crippen LogP contribution is -2.51. The predicted octanol–water partition coefficient (Wildman–Crippen LogP) is 2.16. The summed E-state index contributed by atoms with van der Waals surface area (Å²) in [5.41, 5.74) is 0.432. The number of nitrogens with zero attached hydrogens (tertiary/aromatic N) is 1. The van der Waals surface area contributed by atoms with Gasteiger partial charge in [0.05, 0.1) is 18.4 Å². The molecular formula is C12H14BrNO4S. The smallest absolute Gasteiger partial charge is 0.329 e. The molecule has 1 atom stereocenters. The zero-order chi connectivity index (χ0) is 13.8. The Morgan fingerprint density at radius 1 is 1.63 bits per heavy atom. The number of hydrogen-bond donors (Lipinski definition) is 0. The third-order valence-corrected chi connectivity index (χ3v) is 4.43. The number of hydrogen-bond acceptors (Lipinski definition) is 5. The number of carbonyl (C=O) groups is 2. The molecule has 1 aromatic rings. The first-order chi connectivity index (χ1) is 9.15. The van der Waals surface area contributed by atoms with Crippen LogP contribution in [0.2, 0.25) is 0 Å². The highest BCUT2D eigenvalue weighted by Crippen LogP contribution is 2.24. The van der Waals surface area contributed by atoms with Gasteiger partial charge in [-0.2, -0.15) is 11.8 Å². The number of thioether (sulfide) groups is 1. The number of rotatable bonds is 3. The van der Waals surface area contributed by atoms with Crippen molar-refractivity contribution in [3.8, 4) is 0 Å². The molecule has 7 heteroatoms. The van der Waals surface area contributed by atoms with Gasteiger partial charge in [0.15, 0.2) is 4.67 Å². The minimum atomic E-state index is -0.520. The van der Waals surface area contributed by atoms with E-state index in [4.69, 9.17) is 9.15 Å². The van der Waals surface area contributed by atoms with Gasteiger partial charge in [-0.3, -0.25) is 4.79 Å². The summed E-state index contributed by atoms with van der Waals surface area (Å²) < 4.78 is 10.5. The van der Waals surface area contributed by atoms with E-state index in [1.807, 2.05) is 0 Å². The van der Waals surface area contributed by atoms with E-state index in [1.165, 1.54) is 6.26 Å². The average molecular weight is 348 g/mol. The number of esters is 1. The van der Waals surface area contributed by atoms with Crippen molar-refractivity contribution in [2.24, 2.45) is 0 Å². The molecule has 2 rings (SSSR count). The normalized spacial score (nSPS) is 19.3. The fraction of sp³-hybridized carbons (Fsp3) is 0.500. The number of furan rings is 1. The molecule has 0 radical (unpaired) electrons. The summed E-state index contributed by atoms with van der Waals surface area (Å²) in [4.78, 5) is 25.9. The van der Waals surface area contributed by atoms with Crippen LogP contribution in [0.25, 0.3) is 0 Å². The predicted molar refractivity (Wildman–Crippen MR) is 75.2 cm³/mol. The lowest BCUT2D eigenvalue weighted by Gasteiger charge is -2.33. The van der Waals surface area contributed by atoms with Crippen LogP contribution < -0.4 is 0 Å². The fourth-order valence-corrected chi connectivity index (χ4v) is 3.32. The van der Waals surface area contributed by atoms with Gasteiger partial charge in [0.2, 0.25) is 0 Å².